The van der Waals surface area contributed by atoms with Gasteiger partial charge in [0.15, 0.2) is 11.6 Å². The van der Waals surface area contributed by atoms with Crippen molar-refractivity contribution >= 4 is 0 Å². The molecule has 0 spiro atoms. The quantitative estimate of drug-likeness (QED) is 0.785. The normalized spacial score (nSPS) is 12.8. The Balaban J connectivity index is 2.54. The molecule has 84 valence electrons. The SMILES string of the molecule is CC[C@@H](CO)NCc1ccc(F)c(F)c1. The maximum absolute atomic E-state index is 12.8. The lowest BCUT2D eigenvalue weighted by atomic mass is 10.2. The molecule has 0 unspecified atom stereocenters. The summed E-state index contributed by atoms with van der Waals surface area (Å²) in [6.07, 6.45) is 0.792. The summed E-state index contributed by atoms with van der Waals surface area (Å²) < 4.78 is 25.4. The van der Waals surface area contributed by atoms with E-state index in [4.69, 9.17) is 5.11 Å². The summed E-state index contributed by atoms with van der Waals surface area (Å²) in [6.45, 7) is 2.41. The first kappa shape index (κ1) is 12.1. The van der Waals surface area contributed by atoms with Gasteiger partial charge in [-0.25, -0.2) is 8.78 Å². The van der Waals surface area contributed by atoms with Crippen LogP contribution in [0.4, 0.5) is 8.78 Å². The van der Waals surface area contributed by atoms with Gasteiger partial charge < -0.3 is 10.4 Å². The molecule has 15 heavy (non-hydrogen) atoms. The molecule has 0 bridgehead atoms. The van der Waals surface area contributed by atoms with Crippen molar-refractivity contribution < 1.29 is 13.9 Å². The molecule has 0 aromatic heterocycles. The molecule has 0 heterocycles. The molecule has 4 heteroatoms. The van der Waals surface area contributed by atoms with E-state index in [0.29, 0.717) is 12.1 Å². The zero-order chi connectivity index (χ0) is 11.3. The molecule has 0 radical (unpaired) electrons. The molecule has 0 aliphatic heterocycles. The Morgan fingerprint density at radius 1 is 1.33 bits per heavy atom. The predicted octanol–water partition coefficient (Wildman–Crippen LogP) is 1.83. The molecule has 1 aromatic rings. The summed E-state index contributed by atoms with van der Waals surface area (Å²) in [5.41, 5.74) is 0.667. The Hall–Kier alpha value is -1.00. The summed E-state index contributed by atoms with van der Waals surface area (Å²) >= 11 is 0. The highest BCUT2D eigenvalue weighted by atomic mass is 19.2. The lowest BCUT2D eigenvalue weighted by Gasteiger charge is -2.13. The summed E-state index contributed by atoms with van der Waals surface area (Å²) in [5, 5.41) is 11.9. The summed E-state index contributed by atoms with van der Waals surface area (Å²) in [4.78, 5) is 0. The van der Waals surface area contributed by atoms with Gasteiger partial charge in [0.05, 0.1) is 6.61 Å². The molecule has 2 N–H and O–H groups in total. The van der Waals surface area contributed by atoms with Crippen LogP contribution in [-0.2, 0) is 6.54 Å². The van der Waals surface area contributed by atoms with Crippen molar-refractivity contribution in [3.8, 4) is 0 Å². The fraction of sp³-hybridized carbons (Fsp3) is 0.455. The number of aliphatic hydroxyl groups is 1. The first-order chi connectivity index (χ1) is 7.17. The zero-order valence-corrected chi connectivity index (χ0v) is 8.63. The Bertz CT molecular complexity index is 313. The topological polar surface area (TPSA) is 32.3 Å². The number of nitrogens with one attached hydrogen (secondary N) is 1. The number of rotatable bonds is 5. The average Bonchev–Trinajstić information content (AvgIpc) is 2.24. The fourth-order valence-electron chi connectivity index (χ4n) is 1.25. The Labute approximate surface area is 87.9 Å². The number of hydrogen-bond donors (Lipinski definition) is 2. The van der Waals surface area contributed by atoms with Gasteiger partial charge in [-0.2, -0.15) is 0 Å². The highest BCUT2D eigenvalue weighted by Gasteiger charge is 2.05. The van der Waals surface area contributed by atoms with Crippen molar-refractivity contribution in [3.05, 3.63) is 35.4 Å². The van der Waals surface area contributed by atoms with Crippen LogP contribution in [0, 0.1) is 11.6 Å². The van der Waals surface area contributed by atoms with Crippen LogP contribution < -0.4 is 5.32 Å². The van der Waals surface area contributed by atoms with Crippen molar-refractivity contribution in [2.24, 2.45) is 0 Å². The lowest BCUT2D eigenvalue weighted by molar-refractivity contribution is 0.238. The summed E-state index contributed by atoms with van der Waals surface area (Å²) in [5.74, 6) is -1.68. The maximum Gasteiger partial charge on any atom is 0.159 e. The van der Waals surface area contributed by atoms with Gasteiger partial charge in [0.1, 0.15) is 0 Å². The first-order valence-electron chi connectivity index (χ1n) is 4.95. The molecule has 0 saturated carbocycles. The van der Waals surface area contributed by atoms with E-state index < -0.39 is 11.6 Å². The van der Waals surface area contributed by atoms with Gasteiger partial charge in [0.2, 0.25) is 0 Å². The van der Waals surface area contributed by atoms with E-state index in [1.807, 2.05) is 6.92 Å². The third-order valence-corrected chi connectivity index (χ3v) is 2.29. The number of aliphatic hydroxyl groups excluding tert-OH is 1. The minimum atomic E-state index is -0.841. The molecule has 2 nitrogen and oxygen atoms in total. The molecule has 0 aliphatic carbocycles. The van der Waals surface area contributed by atoms with Gasteiger partial charge in [0, 0.05) is 12.6 Å². The summed E-state index contributed by atoms with van der Waals surface area (Å²) in [6, 6.07) is 3.78. The van der Waals surface area contributed by atoms with Crippen LogP contribution in [0.3, 0.4) is 0 Å². The smallest absolute Gasteiger partial charge is 0.159 e. The number of halogens is 2. The summed E-state index contributed by atoms with van der Waals surface area (Å²) in [7, 11) is 0. The van der Waals surface area contributed by atoms with Gasteiger partial charge in [-0.15, -0.1) is 0 Å². The van der Waals surface area contributed by atoms with Gasteiger partial charge in [-0.3, -0.25) is 0 Å². The third kappa shape index (κ3) is 3.57. The van der Waals surface area contributed by atoms with Crippen molar-refractivity contribution in [1.82, 2.24) is 5.32 Å². The third-order valence-electron chi connectivity index (χ3n) is 2.29. The van der Waals surface area contributed by atoms with Crippen molar-refractivity contribution in [2.45, 2.75) is 25.9 Å². The molecule has 0 fully saturated rings. The molecule has 0 amide bonds. The molecule has 0 aliphatic rings. The fourth-order valence-corrected chi connectivity index (χ4v) is 1.25. The minimum Gasteiger partial charge on any atom is -0.395 e. The predicted molar refractivity (Wildman–Crippen MR) is 54.4 cm³/mol. The second-order valence-electron chi connectivity index (χ2n) is 3.42. The number of hydrogen-bond acceptors (Lipinski definition) is 2. The van der Waals surface area contributed by atoms with Gasteiger partial charge in [-0.05, 0) is 24.1 Å². The van der Waals surface area contributed by atoms with Crippen LogP contribution in [0.5, 0.6) is 0 Å². The van der Waals surface area contributed by atoms with Crippen LogP contribution in [0.25, 0.3) is 0 Å². The number of benzene rings is 1. The van der Waals surface area contributed by atoms with Gasteiger partial charge in [0.25, 0.3) is 0 Å². The van der Waals surface area contributed by atoms with E-state index in [1.165, 1.54) is 6.07 Å². The van der Waals surface area contributed by atoms with Crippen LogP contribution in [0.1, 0.15) is 18.9 Å². The maximum atomic E-state index is 12.8. The Morgan fingerprint density at radius 3 is 2.60 bits per heavy atom. The largest absolute Gasteiger partial charge is 0.395 e. The second kappa shape index (κ2) is 5.78. The monoisotopic (exact) mass is 215 g/mol. The highest BCUT2D eigenvalue weighted by Crippen LogP contribution is 2.08. The zero-order valence-electron chi connectivity index (χ0n) is 8.63. The van der Waals surface area contributed by atoms with E-state index in [2.05, 4.69) is 5.32 Å². The van der Waals surface area contributed by atoms with Crippen molar-refractivity contribution in [3.63, 3.8) is 0 Å². The van der Waals surface area contributed by atoms with E-state index in [-0.39, 0.29) is 12.6 Å². The average molecular weight is 215 g/mol. The van der Waals surface area contributed by atoms with E-state index in [0.717, 1.165) is 18.6 Å². The molecular weight excluding hydrogens is 200 g/mol. The highest BCUT2D eigenvalue weighted by molar-refractivity contribution is 5.17. The van der Waals surface area contributed by atoms with Gasteiger partial charge in [-0.1, -0.05) is 13.0 Å². The Kier molecular flexibility index (Phi) is 4.65. The first-order valence-corrected chi connectivity index (χ1v) is 4.95. The van der Waals surface area contributed by atoms with Crippen molar-refractivity contribution in [1.29, 1.82) is 0 Å². The second-order valence-corrected chi connectivity index (χ2v) is 3.42. The van der Waals surface area contributed by atoms with Crippen molar-refractivity contribution in [2.75, 3.05) is 6.61 Å². The molecular formula is C11H15F2NO. The van der Waals surface area contributed by atoms with E-state index in [1.54, 1.807) is 0 Å². The molecule has 0 saturated heterocycles. The van der Waals surface area contributed by atoms with Crippen LogP contribution >= 0.6 is 0 Å². The van der Waals surface area contributed by atoms with E-state index in [9.17, 15) is 8.78 Å². The molecule has 1 aromatic carbocycles. The standard InChI is InChI=1S/C11H15F2NO/c1-2-9(7-15)14-6-8-3-4-10(12)11(13)5-8/h3-5,9,14-15H,2,6-7H2,1H3/t9-/m0/s1. The van der Waals surface area contributed by atoms with E-state index >= 15 is 0 Å². The molecule has 1 atom stereocenters. The van der Waals surface area contributed by atoms with Gasteiger partial charge >= 0.3 is 0 Å². The lowest BCUT2D eigenvalue weighted by Crippen LogP contribution is -2.31. The van der Waals surface area contributed by atoms with Crippen LogP contribution in [0.2, 0.25) is 0 Å². The minimum absolute atomic E-state index is 0.00175. The van der Waals surface area contributed by atoms with Crippen LogP contribution in [0.15, 0.2) is 18.2 Å². The Morgan fingerprint density at radius 2 is 2.07 bits per heavy atom. The molecule has 1 rings (SSSR count). The van der Waals surface area contributed by atoms with Crippen LogP contribution in [-0.4, -0.2) is 17.8 Å².